The van der Waals surface area contributed by atoms with Crippen LogP contribution in [-0.4, -0.2) is 39.8 Å². The van der Waals surface area contributed by atoms with Gasteiger partial charge < -0.3 is 4.52 Å². The molecule has 2 aromatic rings. The van der Waals surface area contributed by atoms with Crippen molar-refractivity contribution in [3.05, 3.63) is 23.5 Å². The topological polar surface area (TPSA) is 110 Å². The number of anilines is 1. The summed E-state index contributed by atoms with van der Waals surface area (Å²) in [6, 6.07) is 2.60. The van der Waals surface area contributed by atoms with Gasteiger partial charge in [0.25, 0.3) is 5.24 Å². The van der Waals surface area contributed by atoms with E-state index in [0.29, 0.717) is 16.7 Å². The minimum atomic E-state index is -1.06. The Kier molecular flexibility index (Phi) is 4.22. The Morgan fingerprint density at radius 3 is 2.78 bits per heavy atom. The molecule has 3 amide bonds. The van der Waals surface area contributed by atoms with Crippen LogP contribution in [0.1, 0.15) is 18.9 Å². The number of halogens is 1. The molecule has 1 aromatic carbocycles. The average Bonchev–Trinajstić information content (AvgIpc) is 3.14. The number of hydrogen-bond acceptors (Lipinski definition) is 7. The highest BCUT2D eigenvalue weighted by Gasteiger charge is 2.36. The first-order valence-electron chi connectivity index (χ1n) is 8.25. The first-order chi connectivity index (χ1) is 12.8. The van der Waals surface area contributed by atoms with Crippen LogP contribution in [0, 0.1) is 11.7 Å². The molecule has 140 valence electrons. The summed E-state index contributed by atoms with van der Waals surface area (Å²) in [5, 5.41) is 6.06. The van der Waals surface area contributed by atoms with Crippen LogP contribution in [0.2, 0.25) is 0 Å². The fraction of sp³-hybridized carbons (Fsp3) is 0.353. The molecule has 8 nitrogen and oxygen atoms in total. The highest BCUT2D eigenvalue weighted by Crippen LogP contribution is 2.36. The van der Waals surface area contributed by atoms with Gasteiger partial charge in [0.05, 0.1) is 11.8 Å². The van der Waals surface area contributed by atoms with Gasteiger partial charge in [-0.25, -0.2) is 4.39 Å². The number of nitrogens with zero attached hydrogens (tertiary/aromatic N) is 2. The monoisotopic (exact) mass is 391 g/mol. The second-order valence-electron chi connectivity index (χ2n) is 6.57. The molecule has 2 atom stereocenters. The van der Waals surface area contributed by atoms with Gasteiger partial charge in [0.1, 0.15) is 5.92 Å². The average molecular weight is 391 g/mol. The van der Waals surface area contributed by atoms with E-state index in [0.717, 1.165) is 17.8 Å². The molecule has 2 aliphatic rings. The number of amides is 3. The summed E-state index contributed by atoms with van der Waals surface area (Å²) in [6.07, 6.45) is -0.440. The molecule has 0 radical (unpaired) electrons. The second kappa shape index (κ2) is 6.45. The van der Waals surface area contributed by atoms with Crippen molar-refractivity contribution >= 4 is 51.4 Å². The van der Waals surface area contributed by atoms with Crippen LogP contribution in [0.3, 0.4) is 0 Å². The summed E-state index contributed by atoms with van der Waals surface area (Å²) >= 11 is 1.14. The third-order valence-electron chi connectivity index (χ3n) is 4.62. The maximum atomic E-state index is 14.5. The highest BCUT2D eigenvalue weighted by molar-refractivity contribution is 8.14. The molecule has 2 aliphatic heterocycles. The predicted molar refractivity (Wildman–Crippen MR) is 93.7 cm³/mol. The highest BCUT2D eigenvalue weighted by atomic mass is 32.2. The molecular weight excluding hydrogens is 377 g/mol. The van der Waals surface area contributed by atoms with Gasteiger partial charge in [-0.2, -0.15) is 0 Å². The summed E-state index contributed by atoms with van der Waals surface area (Å²) in [5.41, 5.74) is 0.277. The van der Waals surface area contributed by atoms with Gasteiger partial charge in [0, 0.05) is 11.8 Å². The molecule has 3 heterocycles. The molecule has 2 fully saturated rings. The fourth-order valence-electron chi connectivity index (χ4n) is 3.29. The number of thioether (sulfide) groups is 1. The van der Waals surface area contributed by atoms with Gasteiger partial charge >= 0.3 is 0 Å². The Morgan fingerprint density at radius 2 is 2.11 bits per heavy atom. The number of aromatic nitrogens is 1. The zero-order valence-electron chi connectivity index (χ0n) is 14.2. The summed E-state index contributed by atoms with van der Waals surface area (Å²) in [4.78, 5) is 48.8. The molecule has 0 bridgehead atoms. The quantitative estimate of drug-likeness (QED) is 0.628. The van der Waals surface area contributed by atoms with Gasteiger partial charge in [-0.15, -0.1) is 0 Å². The number of benzene rings is 1. The van der Waals surface area contributed by atoms with E-state index >= 15 is 0 Å². The zero-order chi connectivity index (χ0) is 19.3. The number of imide groups is 1. The van der Waals surface area contributed by atoms with Crippen molar-refractivity contribution in [2.75, 3.05) is 10.7 Å². The van der Waals surface area contributed by atoms with E-state index < -0.39 is 29.3 Å². The van der Waals surface area contributed by atoms with Crippen LogP contribution in [0.5, 0.6) is 0 Å². The van der Waals surface area contributed by atoms with E-state index in [1.54, 1.807) is 6.07 Å². The molecule has 10 heteroatoms. The molecule has 4 rings (SSSR count). The Bertz CT molecular complexity index is 984. The van der Waals surface area contributed by atoms with E-state index in [9.17, 15) is 23.6 Å². The van der Waals surface area contributed by atoms with Gasteiger partial charge in [-0.3, -0.25) is 29.4 Å². The maximum Gasteiger partial charge on any atom is 0.287 e. The van der Waals surface area contributed by atoms with Crippen molar-refractivity contribution in [3.63, 3.8) is 0 Å². The van der Waals surface area contributed by atoms with Crippen LogP contribution in [-0.2, 0) is 20.8 Å². The van der Waals surface area contributed by atoms with E-state index in [-0.39, 0.29) is 35.5 Å². The number of fused-ring (bicyclic) bond motifs is 1. The molecule has 1 unspecified atom stereocenters. The van der Waals surface area contributed by atoms with Crippen molar-refractivity contribution in [1.82, 2.24) is 10.5 Å². The largest absolute Gasteiger partial charge is 0.351 e. The lowest BCUT2D eigenvalue weighted by atomic mass is 9.89. The molecule has 1 N–H and O–H groups in total. The standard InChI is InChI=1S/C17H14FN3O5S/c1-7-6-27-17(25)21(7)15-10-3-8(4-11(18)14(10)26-20-15)2-9-12(22)5-13(23)19-16(9)24/h3-4,7,9H,2,5-6H2,1H3,(H,19,23,24)/t7-,9?/m1/s1. The van der Waals surface area contributed by atoms with Crippen molar-refractivity contribution in [2.45, 2.75) is 25.8 Å². The van der Waals surface area contributed by atoms with E-state index in [1.165, 1.54) is 4.90 Å². The smallest absolute Gasteiger partial charge is 0.287 e. The van der Waals surface area contributed by atoms with Gasteiger partial charge in [-0.1, -0.05) is 16.9 Å². The van der Waals surface area contributed by atoms with Crippen LogP contribution in [0.15, 0.2) is 16.7 Å². The molecule has 27 heavy (non-hydrogen) atoms. The van der Waals surface area contributed by atoms with Crippen LogP contribution < -0.4 is 10.2 Å². The van der Waals surface area contributed by atoms with Gasteiger partial charge in [0.15, 0.2) is 17.4 Å². The normalized spacial score (nSPS) is 23.4. The molecule has 1 aromatic heterocycles. The molecule has 0 saturated carbocycles. The van der Waals surface area contributed by atoms with E-state index in [4.69, 9.17) is 4.52 Å². The Morgan fingerprint density at radius 1 is 1.33 bits per heavy atom. The fourth-order valence-corrected chi connectivity index (χ4v) is 4.23. The van der Waals surface area contributed by atoms with Crippen molar-refractivity contribution in [2.24, 2.45) is 5.92 Å². The number of hydrogen-bond donors (Lipinski definition) is 1. The summed E-state index contributed by atoms with van der Waals surface area (Å²) in [7, 11) is 0. The third kappa shape index (κ3) is 2.99. The number of nitrogens with one attached hydrogen (secondary N) is 1. The van der Waals surface area contributed by atoms with Gasteiger partial charge in [-0.05, 0) is 31.0 Å². The minimum Gasteiger partial charge on any atom is -0.351 e. The van der Waals surface area contributed by atoms with Gasteiger partial charge in [0.2, 0.25) is 17.4 Å². The lowest BCUT2D eigenvalue weighted by molar-refractivity contribution is -0.143. The lowest BCUT2D eigenvalue weighted by Gasteiger charge is -2.20. The van der Waals surface area contributed by atoms with Crippen LogP contribution in [0.4, 0.5) is 15.0 Å². The molecule has 0 aliphatic carbocycles. The number of Topliss-reactive ketones (excluding diaryl/α,β-unsaturated/α-hetero) is 1. The summed E-state index contributed by atoms with van der Waals surface area (Å²) in [5.74, 6) is -2.80. The number of rotatable bonds is 3. The van der Waals surface area contributed by atoms with Crippen LogP contribution >= 0.6 is 11.8 Å². The third-order valence-corrected chi connectivity index (χ3v) is 5.72. The van der Waals surface area contributed by atoms with Crippen molar-refractivity contribution < 1.29 is 28.1 Å². The second-order valence-corrected chi connectivity index (χ2v) is 7.54. The Hall–Kier alpha value is -2.75. The minimum absolute atomic E-state index is 0.0618. The predicted octanol–water partition coefficient (Wildman–Crippen LogP) is 1.80. The van der Waals surface area contributed by atoms with Crippen molar-refractivity contribution in [1.29, 1.82) is 0 Å². The van der Waals surface area contributed by atoms with Crippen molar-refractivity contribution in [3.8, 4) is 0 Å². The number of carbonyl (C=O) groups is 4. The molecular formula is C17H14FN3O5S. The van der Waals surface area contributed by atoms with E-state index in [1.807, 2.05) is 6.92 Å². The van der Waals surface area contributed by atoms with Crippen LogP contribution in [0.25, 0.3) is 11.0 Å². The summed E-state index contributed by atoms with van der Waals surface area (Å²) < 4.78 is 19.5. The maximum absolute atomic E-state index is 14.5. The first kappa shape index (κ1) is 17.7. The lowest BCUT2D eigenvalue weighted by Crippen LogP contribution is -2.46. The number of ketones is 1. The first-order valence-corrected chi connectivity index (χ1v) is 9.24. The molecule has 2 saturated heterocycles. The SMILES string of the molecule is C[C@@H]1CSC(=O)N1c1noc2c(F)cc(CC3C(=O)CC(=O)NC3=O)cc12. The Labute approximate surface area is 156 Å². The summed E-state index contributed by atoms with van der Waals surface area (Å²) in [6.45, 7) is 1.85. The number of piperidine rings is 1. The van der Waals surface area contributed by atoms with E-state index in [2.05, 4.69) is 10.5 Å². The zero-order valence-corrected chi connectivity index (χ0v) is 15.0. The molecule has 0 spiro atoms. The number of carbonyl (C=O) groups excluding carboxylic acids is 4. The Balaban J connectivity index is 1.72.